The molecule has 2 atom stereocenters. The van der Waals surface area contributed by atoms with Gasteiger partial charge >= 0.3 is 5.97 Å². The molecule has 0 radical (unpaired) electrons. The predicted octanol–water partition coefficient (Wildman–Crippen LogP) is 1.63. The minimum atomic E-state index is -0.502. The molecule has 1 aliphatic heterocycles. The topological polar surface area (TPSA) is 46.5 Å². The van der Waals surface area contributed by atoms with E-state index >= 15 is 0 Å². The molecule has 1 rings (SSSR count). The molecule has 1 aliphatic rings. The zero-order valence-electron chi connectivity index (χ0n) is 8.16. The molecule has 0 unspecified atom stereocenters. The third-order valence-electron chi connectivity index (χ3n) is 2.38. The van der Waals surface area contributed by atoms with Crippen molar-refractivity contribution in [1.82, 2.24) is 0 Å². The summed E-state index contributed by atoms with van der Waals surface area (Å²) in [7, 11) is 0. The van der Waals surface area contributed by atoms with E-state index in [-0.39, 0.29) is 18.5 Å². The maximum atomic E-state index is 11.1. The highest BCUT2D eigenvalue weighted by Gasteiger charge is 2.16. The Balaban J connectivity index is 2.39. The van der Waals surface area contributed by atoms with Gasteiger partial charge in [0.05, 0.1) is 18.6 Å². The van der Waals surface area contributed by atoms with Crippen LogP contribution in [0.4, 0.5) is 0 Å². The summed E-state index contributed by atoms with van der Waals surface area (Å²) in [5.41, 5.74) is 0. The molecule has 13 heavy (non-hydrogen) atoms. The Morgan fingerprint density at radius 2 is 2.00 bits per heavy atom. The molecule has 1 N–H and O–H groups in total. The maximum Gasteiger partial charge on any atom is 0.308 e. The van der Waals surface area contributed by atoms with Gasteiger partial charge in [-0.25, -0.2) is 0 Å². The number of rotatable bonds is 0. The van der Waals surface area contributed by atoms with E-state index in [4.69, 9.17) is 4.74 Å². The molecular formula is C10H18O3. The van der Waals surface area contributed by atoms with Crippen LogP contribution in [-0.4, -0.2) is 23.3 Å². The summed E-state index contributed by atoms with van der Waals surface area (Å²) < 4.78 is 5.10. The van der Waals surface area contributed by atoms with E-state index in [1.54, 1.807) is 0 Å². The summed E-state index contributed by atoms with van der Waals surface area (Å²) in [5.74, 6) is -0.262. The second kappa shape index (κ2) is 5.22. The SMILES string of the molecule is C[C@@H]1CCCCC[C@H](O)CC(=O)O1. The van der Waals surface area contributed by atoms with E-state index in [1.165, 1.54) is 0 Å². The molecule has 0 amide bonds. The largest absolute Gasteiger partial charge is 0.463 e. The fraction of sp³-hybridized carbons (Fsp3) is 0.900. The van der Waals surface area contributed by atoms with Crippen molar-refractivity contribution in [2.45, 2.75) is 57.7 Å². The van der Waals surface area contributed by atoms with Crippen molar-refractivity contribution in [3.8, 4) is 0 Å². The molecule has 0 saturated carbocycles. The number of aliphatic hydroxyl groups is 1. The van der Waals surface area contributed by atoms with Gasteiger partial charge in [0.2, 0.25) is 0 Å². The Morgan fingerprint density at radius 3 is 2.77 bits per heavy atom. The van der Waals surface area contributed by atoms with Crippen LogP contribution in [0.15, 0.2) is 0 Å². The van der Waals surface area contributed by atoms with E-state index in [1.807, 2.05) is 6.92 Å². The van der Waals surface area contributed by atoms with Crippen molar-refractivity contribution in [1.29, 1.82) is 0 Å². The van der Waals surface area contributed by atoms with E-state index in [9.17, 15) is 9.90 Å². The van der Waals surface area contributed by atoms with Crippen molar-refractivity contribution in [2.24, 2.45) is 0 Å². The first-order valence-electron chi connectivity index (χ1n) is 5.06. The molecule has 0 aromatic rings. The van der Waals surface area contributed by atoms with Crippen LogP contribution in [0.2, 0.25) is 0 Å². The van der Waals surface area contributed by atoms with E-state index in [0.29, 0.717) is 0 Å². The van der Waals surface area contributed by atoms with Crippen LogP contribution in [0, 0.1) is 0 Å². The van der Waals surface area contributed by atoms with Crippen LogP contribution in [0.5, 0.6) is 0 Å². The molecule has 3 heteroatoms. The minimum Gasteiger partial charge on any atom is -0.463 e. The third-order valence-corrected chi connectivity index (χ3v) is 2.38. The van der Waals surface area contributed by atoms with Gasteiger partial charge in [0, 0.05) is 0 Å². The van der Waals surface area contributed by atoms with Crippen molar-refractivity contribution < 1.29 is 14.6 Å². The average molecular weight is 186 g/mol. The van der Waals surface area contributed by atoms with E-state index in [2.05, 4.69) is 0 Å². The number of aliphatic hydroxyl groups excluding tert-OH is 1. The second-order valence-corrected chi connectivity index (χ2v) is 3.80. The van der Waals surface area contributed by atoms with Gasteiger partial charge in [-0.05, 0) is 26.2 Å². The molecule has 0 bridgehead atoms. The van der Waals surface area contributed by atoms with Crippen LogP contribution in [0.3, 0.4) is 0 Å². The lowest BCUT2D eigenvalue weighted by molar-refractivity contribution is -0.151. The molecule has 0 spiro atoms. The zero-order valence-corrected chi connectivity index (χ0v) is 8.16. The first-order valence-corrected chi connectivity index (χ1v) is 5.06. The van der Waals surface area contributed by atoms with Gasteiger partial charge in [0.15, 0.2) is 0 Å². The van der Waals surface area contributed by atoms with Gasteiger partial charge in [0.1, 0.15) is 0 Å². The third kappa shape index (κ3) is 4.27. The summed E-state index contributed by atoms with van der Waals surface area (Å²) >= 11 is 0. The maximum absolute atomic E-state index is 11.1. The number of ether oxygens (including phenoxy) is 1. The smallest absolute Gasteiger partial charge is 0.308 e. The number of hydrogen-bond acceptors (Lipinski definition) is 3. The van der Waals surface area contributed by atoms with Gasteiger partial charge in [0.25, 0.3) is 0 Å². The molecule has 0 aliphatic carbocycles. The van der Waals surface area contributed by atoms with E-state index < -0.39 is 6.10 Å². The Bertz CT molecular complexity index is 152. The van der Waals surface area contributed by atoms with Crippen LogP contribution < -0.4 is 0 Å². The predicted molar refractivity (Wildman–Crippen MR) is 49.3 cm³/mol. The number of carbonyl (C=O) groups excluding carboxylic acids is 1. The lowest BCUT2D eigenvalue weighted by atomic mass is 10.0. The molecule has 1 fully saturated rings. The van der Waals surface area contributed by atoms with Gasteiger partial charge in [-0.1, -0.05) is 12.8 Å². The van der Waals surface area contributed by atoms with Gasteiger partial charge < -0.3 is 9.84 Å². The monoisotopic (exact) mass is 186 g/mol. The van der Waals surface area contributed by atoms with Crippen molar-refractivity contribution in [2.75, 3.05) is 0 Å². The number of hydrogen-bond donors (Lipinski definition) is 1. The molecule has 0 aromatic carbocycles. The van der Waals surface area contributed by atoms with Gasteiger partial charge in [-0.15, -0.1) is 0 Å². The van der Waals surface area contributed by atoms with Gasteiger partial charge in [-0.3, -0.25) is 4.79 Å². The van der Waals surface area contributed by atoms with Crippen molar-refractivity contribution in [3.63, 3.8) is 0 Å². The van der Waals surface area contributed by atoms with Crippen LogP contribution in [0.1, 0.15) is 45.4 Å². The summed E-state index contributed by atoms with van der Waals surface area (Å²) in [5, 5.41) is 9.39. The first-order chi connectivity index (χ1) is 6.18. The zero-order chi connectivity index (χ0) is 9.68. The Kier molecular flexibility index (Phi) is 4.22. The fourth-order valence-corrected chi connectivity index (χ4v) is 1.61. The molecular weight excluding hydrogens is 168 g/mol. The van der Waals surface area contributed by atoms with Crippen molar-refractivity contribution in [3.05, 3.63) is 0 Å². The number of carbonyl (C=O) groups is 1. The minimum absolute atomic E-state index is 0.0119. The molecule has 0 aromatic heterocycles. The summed E-state index contributed by atoms with van der Waals surface area (Å²) in [6, 6.07) is 0. The molecule has 1 saturated heterocycles. The number of cyclic esters (lactones) is 1. The second-order valence-electron chi connectivity index (χ2n) is 3.80. The average Bonchev–Trinajstić information content (AvgIpc) is 2.02. The quantitative estimate of drug-likeness (QED) is 0.585. The lowest BCUT2D eigenvalue weighted by Gasteiger charge is -2.17. The molecule has 1 heterocycles. The highest BCUT2D eigenvalue weighted by atomic mass is 16.5. The van der Waals surface area contributed by atoms with Crippen LogP contribution >= 0.6 is 0 Å². The number of esters is 1. The Labute approximate surface area is 79.1 Å². The van der Waals surface area contributed by atoms with Crippen LogP contribution in [0.25, 0.3) is 0 Å². The molecule has 3 nitrogen and oxygen atoms in total. The lowest BCUT2D eigenvalue weighted by Crippen LogP contribution is -2.21. The highest BCUT2D eigenvalue weighted by molar-refractivity contribution is 5.70. The van der Waals surface area contributed by atoms with Crippen molar-refractivity contribution >= 4 is 5.97 Å². The summed E-state index contributed by atoms with van der Waals surface area (Å²) in [4.78, 5) is 11.1. The van der Waals surface area contributed by atoms with Gasteiger partial charge in [-0.2, -0.15) is 0 Å². The standard InChI is InChI=1S/C10H18O3/c1-8-5-3-2-4-6-9(11)7-10(12)13-8/h8-9,11H,2-7H2,1H3/t8-,9+/m1/s1. The molecule has 76 valence electrons. The fourth-order valence-electron chi connectivity index (χ4n) is 1.61. The summed E-state index contributed by atoms with van der Waals surface area (Å²) in [6.45, 7) is 1.91. The first kappa shape index (κ1) is 10.5. The normalized spacial score (nSPS) is 32.3. The Hall–Kier alpha value is -0.570. The van der Waals surface area contributed by atoms with E-state index in [0.717, 1.165) is 32.1 Å². The van der Waals surface area contributed by atoms with Crippen LogP contribution in [-0.2, 0) is 9.53 Å². The Morgan fingerprint density at radius 1 is 1.31 bits per heavy atom. The summed E-state index contributed by atoms with van der Waals surface area (Å²) in [6.07, 6.45) is 4.56. The highest BCUT2D eigenvalue weighted by Crippen LogP contribution is 2.14.